The quantitative estimate of drug-likeness (QED) is 0.914. The lowest BCUT2D eigenvalue weighted by atomic mass is 9.88. The van der Waals surface area contributed by atoms with Crippen molar-refractivity contribution in [3.05, 3.63) is 11.7 Å². The molecule has 2 aliphatic carbocycles. The molecule has 2 heterocycles. The molecule has 5 nitrogen and oxygen atoms in total. The van der Waals surface area contributed by atoms with Gasteiger partial charge in [-0.05, 0) is 38.0 Å². The van der Waals surface area contributed by atoms with Crippen molar-refractivity contribution in [2.45, 2.75) is 44.6 Å². The Balaban J connectivity index is 1.47. The van der Waals surface area contributed by atoms with E-state index < -0.39 is 0 Å². The van der Waals surface area contributed by atoms with Crippen LogP contribution in [0.3, 0.4) is 0 Å². The first-order valence-electron chi connectivity index (χ1n) is 8.09. The van der Waals surface area contributed by atoms with Crippen LogP contribution in [0.1, 0.15) is 56.3 Å². The molecule has 5 heteroatoms. The molecule has 2 bridgehead atoms. The van der Waals surface area contributed by atoms with Crippen molar-refractivity contribution >= 4 is 0 Å². The average Bonchev–Trinajstić information content (AvgIpc) is 3.23. The van der Waals surface area contributed by atoms with Gasteiger partial charge in [-0.3, -0.25) is 4.90 Å². The van der Waals surface area contributed by atoms with E-state index in [2.05, 4.69) is 22.3 Å². The van der Waals surface area contributed by atoms with Crippen molar-refractivity contribution in [3.63, 3.8) is 0 Å². The highest BCUT2D eigenvalue weighted by Gasteiger charge is 2.42. The van der Waals surface area contributed by atoms with Crippen molar-refractivity contribution in [1.82, 2.24) is 20.4 Å². The summed E-state index contributed by atoms with van der Waals surface area (Å²) in [5, 5.41) is 7.69. The van der Waals surface area contributed by atoms with Crippen LogP contribution in [-0.4, -0.2) is 41.2 Å². The van der Waals surface area contributed by atoms with Crippen LogP contribution in [0.2, 0.25) is 0 Å². The highest BCUT2D eigenvalue weighted by Crippen LogP contribution is 2.52. The normalized spacial score (nSPS) is 35.5. The highest BCUT2D eigenvalue weighted by molar-refractivity contribution is 5.07. The van der Waals surface area contributed by atoms with Gasteiger partial charge in [0.25, 0.3) is 0 Å². The minimum Gasteiger partial charge on any atom is -0.338 e. The summed E-state index contributed by atoms with van der Waals surface area (Å²) >= 11 is 0. The average molecular weight is 276 g/mol. The third-order valence-electron chi connectivity index (χ3n) is 5.58. The number of hydrogen-bond donors (Lipinski definition) is 1. The van der Waals surface area contributed by atoms with E-state index in [1.807, 2.05) is 0 Å². The molecular weight excluding hydrogens is 252 g/mol. The molecule has 1 N–H and O–H groups in total. The Morgan fingerprint density at radius 3 is 2.80 bits per heavy atom. The minimum absolute atomic E-state index is 0.247. The second-order valence-corrected chi connectivity index (χ2v) is 6.73. The maximum absolute atomic E-state index is 5.58. The predicted octanol–water partition coefficient (Wildman–Crippen LogP) is 1.94. The first-order valence-corrected chi connectivity index (χ1v) is 8.09. The molecule has 1 saturated heterocycles. The Morgan fingerprint density at radius 2 is 2.10 bits per heavy atom. The molecule has 110 valence electrons. The number of aromatic nitrogens is 2. The zero-order chi connectivity index (χ0) is 13.5. The molecule has 0 spiro atoms. The third kappa shape index (κ3) is 2.17. The van der Waals surface area contributed by atoms with Gasteiger partial charge in [-0.1, -0.05) is 11.6 Å². The molecule has 1 aliphatic heterocycles. The molecule has 2 saturated carbocycles. The maximum atomic E-state index is 5.58. The van der Waals surface area contributed by atoms with Crippen LogP contribution in [0, 0.1) is 11.8 Å². The second kappa shape index (κ2) is 5.11. The lowest BCUT2D eigenvalue weighted by Crippen LogP contribution is -2.44. The van der Waals surface area contributed by atoms with Crippen LogP contribution in [0.4, 0.5) is 0 Å². The summed E-state index contributed by atoms with van der Waals surface area (Å²) in [5.74, 6) is 4.11. The Morgan fingerprint density at radius 1 is 1.25 bits per heavy atom. The smallest absolute Gasteiger partial charge is 0.243 e. The summed E-state index contributed by atoms with van der Waals surface area (Å²) in [6.07, 6.45) is 5.46. The summed E-state index contributed by atoms with van der Waals surface area (Å²) in [7, 11) is 0. The van der Waals surface area contributed by atoms with Crippen molar-refractivity contribution < 1.29 is 4.52 Å². The van der Waals surface area contributed by atoms with Crippen LogP contribution in [-0.2, 0) is 0 Å². The molecule has 3 aliphatic rings. The van der Waals surface area contributed by atoms with E-state index in [9.17, 15) is 0 Å². The van der Waals surface area contributed by atoms with Gasteiger partial charge in [0, 0.05) is 32.1 Å². The van der Waals surface area contributed by atoms with Gasteiger partial charge >= 0.3 is 0 Å². The SMILES string of the molecule is CC(c1nc(C2CC3CCC2C3)no1)N1CCNCC1. The van der Waals surface area contributed by atoms with Gasteiger partial charge in [0.1, 0.15) is 0 Å². The van der Waals surface area contributed by atoms with Crippen LogP contribution in [0.15, 0.2) is 4.52 Å². The molecule has 1 aromatic heterocycles. The fraction of sp³-hybridized carbons (Fsp3) is 0.867. The van der Waals surface area contributed by atoms with E-state index >= 15 is 0 Å². The monoisotopic (exact) mass is 276 g/mol. The number of nitrogens with zero attached hydrogens (tertiary/aromatic N) is 3. The summed E-state index contributed by atoms with van der Waals surface area (Å²) in [5.41, 5.74) is 0. The summed E-state index contributed by atoms with van der Waals surface area (Å²) in [4.78, 5) is 7.17. The van der Waals surface area contributed by atoms with Crippen molar-refractivity contribution in [3.8, 4) is 0 Å². The molecule has 0 aromatic carbocycles. The van der Waals surface area contributed by atoms with Gasteiger partial charge in [-0.15, -0.1) is 0 Å². The van der Waals surface area contributed by atoms with Gasteiger partial charge in [-0.25, -0.2) is 0 Å². The first kappa shape index (κ1) is 12.8. The Labute approximate surface area is 120 Å². The fourth-order valence-electron chi connectivity index (χ4n) is 4.35. The molecule has 4 unspecified atom stereocenters. The van der Waals surface area contributed by atoms with Gasteiger partial charge in [-0.2, -0.15) is 4.98 Å². The third-order valence-corrected chi connectivity index (χ3v) is 5.58. The number of nitrogens with one attached hydrogen (secondary N) is 1. The number of piperazine rings is 1. The molecule has 1 aromatic rings. The molecular formula is C15H24N4O. The van der Waals surface area contributed by atoms with Gasteiger partial charge in [0.15, 0.2) is 5.82 Å². The Kier molecular flexibility index (Phi) is 3.27. The number of rotatable bonds is 3. The van der Waals surface area contributed by atoms with Gasteiger partial charge in [0.2, 0.25) is 5.89 Å². The van der Waals surface area contributed by atoms with E-state index in [1.54, 1.807) is 0 Å². The maximum Gasteiger partial charge on any atom is 0.243 e. The minimum atomic E-state index is 0.247. The number of hydrogen-bond acceptors (Lipinski definition) is 5. The lowest BCUT2D eigenvalue weighted by Gasteiger charge is -2.30. The van der Waals surface area contributed by atoms with Crippen LogP contribution in [0.25, 0.3) is 0 Å². The standard InChI is InChI=1S/C15H24N4O/c1-10(19-6-4-16-5-7-19)15-17-14(18-20-15)13-9-11-2-3-12(13)8-11/h10-13,16H,2-9H2,1H3. The van der Waals surface area contributed by atoms with Crippen molar-refractivity contribution in [2.75, 3.05) is 26.2 Å². The fourth-order valence-corrected chi connectivity index (χ4v) is 4.35. The lowest BCUT2D eigenvalue weighted by molar-refractivity contribution is 0.154. The van der Waals surface area contributed by atoms with Crippen LogP contribution in [0.5, 0.6) is 0 Å². The van der Waals surface area contributed by atoms with Crippen LogP contribution >= 0.6 is 0 Å². The van der Waals surface area contributed by atoms with E-state index in [1.165, 1.54) is 25.7 Å². The number of fused-ring (bicyclic) bond motifs is 2. The van der Waals surface area contributed by atoms with E-state index in [0.717, 1.165) is 49.7 Å². The second-order valence-electron chi connectivity index (χ2n) is 6.73. The Hall–Kier alpha value is -0.940. The predicted molar refractivity (Wildman–Crippen MR) is 75.3 cm³/mol. The molecule has 0 radical (unpaired) electrons. The zero-order valence-corrected chi connectivity index (χ0v) is 12.2. The Bertz CT molecular complexity index is 468. The van der Waals surface area contributed by atoms with E-state index in [-0.39, 0.29) is 6.04 Å². The zero-order valence-electron chi connectivity index (χ0n) is 12.2. The van der Waals surface area contributed by atoms with E-state index in [0.29, 0.717) is 5.92 Å². The largest absolute Gasteiger partial charge is 0.338 e. The molecule has 20 heavy (non-hydrogen) atoms. The molecule has 3 fully saturated rings. The van der Waals surface area contributed by atoms with Gasteiger partial charge in [0.05, 0.1) is 6.04 Å². The van der Waals surface area contributed by atoms with Crippen molar-refractivity contribution in [2.24, 2.45) is 11.8 Å². The molecule has 4 rings (SSSR count). The highest BCUT2D eigenvalue weighted by atomic mass is 16.5. The van der Waals surface area contributed by atoms with E-state index in [4.69, 9.17) is 9.51 Å². The van der Waals surface area contributed by atoms with Crippen molar-refractivity contribution in [1.29, 1.82) is 0 Å². The molecule has 4 atom stereocenters. The van der Waals surface area contributed by atoms with Gasteiger partial charge < -0.3 is 9.84 Å². The molecule has 0 amide bonds. The topological polar surface area (TPSA) is 54.2 Å². The summed E-state index contributed by atoms with van der Waals surface area (Å²) in [6, 6.07) is 0.247. The van der Waals surface area contributed by atoms with Crippen LogP contribution < -0.4 is 5.32 Å². The first-order chi connectivity index (χ1) is 9.81. The summed E-state index contributed by atoms with van der Waals surface area (Å²) < 4.78 is 5.58. The summed E-state index contributed by atoms with van der Waals surface area (Å²) in [6.45, 7) is 6.42.